The number of carboxylic acid groups (broad SMARTS) is 1. The van der Waals surface area contributed by atoms with Crippen LogP contribution < -0.4 is 0 Å². The molecule has 2 aromatic carbocycles. The van der Waals surface area contributed by atoms with Crippen molar-refractivity contribution in [3.8, 4) is 0 Å². The normalized spacial score (nSPS) is 17.3. The summed E-state index contributed by atoms with van der Waals surface area (Å²) in [5.74, 6) is -0.141. The number of piperidine rings is 1. The van der Waals surface area contributed by atoms with Crippen LogP contribution in [0.15, 0.2) is 60.7 Å². The summed E-state index contributed by atoms with van der Waals surface area (Å²) in [5, 5.41) is 9.93. The number of carboxylic acids is 1. The van der Waals surface area contributed by atoms with E-state index in [2.05, 4.69) is 26.0 Å². The number of hydrogen-bond donors (Lipinski definition) is 1. The number of aliphatic carboxylic acids is 1. The zero-order valence-corrected chi connectivity index (χ0v) is 16.7. The van der Waals surface area contributed by atoms with Gasteiger partial charge in [-0.1, -0.05) is 74.5 Å². The molecule has 1 aliphatic heterocycles. The molecular formula is C24H29NO3. The van der Waals surface area contributed by atoms with Crippen molar-refractivity contribution in [1.82, 2.24) is 4.90 Å². The Kier molecular flexibility index (Phi) is 6.18. The summed E-state index contributed by atoms with van der Waals surface area (Å²) >= 11 is 0. The summed E-state index contributed by atoms with van der Waals surface area (Å²) in [5.41, 5.74) is 1.13. The van der Waals surface area contributed by atoms with E-state index in [0.717, 1.165) is 5.56 Å². The zero-order valence-electron chi connectivity index (χ0n) is 16.7. The predicted octanol–water partition coefficient (Wildman–Crippen LogP) is 4.46. The first kappa shape index (κ1) is 20.1. The number of likely N-dealkylation sites (tertiary alicyclic amines) is 1. The number of carbonyl (C=O) groups is 2. The lowest BCUT2D eigenvalue weighted by atomic mass is 9.72. The van der Waals surface area contributed by atoms with Crippen LogP contribution in [-0.4, -0.2) is 35.0 Å². The molecule has 4 nitrogen and oxygen atoms in total. The van der Waals surface area contributed by atoms with E-state index in [1.165, 1.54) is 5.56 Å². The molecule has 0 bridgehead atoms. The average Bonchev–Trinajstić information content (AvgIpc) is 2.72. The maximum Gasteiger partial charge on any atom is 0.314 e. The van der Waals surface area contributed by atoms with Crippen molar-refractivity contribution >= 4 is 11.9 Å². The quantitative estimate of drug-likeness (QED) is 0.806. The van der Waals surface area contributed by atoms with Crippen molar-refractivity contribution in [3.05, 3.63) is 71.8 Å². The van der Waals surface area contributed by atoms with Gasteiger partial charge in [-0.05, 0) is 35.8 Å². The maximum absolute atomic E-state index is 13.0. The van der Waals surface area contributed by atoms with Crippen LogP contribution in [0.2, 0.25) is 0 Å². The van der Waals surface area contributed by atoms with Crippen LogP contribution in [-0.2, 0) is 15.0 Å². The van der Waals surface area contributed by atoms with Gasteiger partial charge in [0.05, 0.1) is 5.41 Å². The number of amides is 1. The van der Waals surface area contributed by atoms with Gasteiger partial charge in [0.15, 0.2) is 0 Å². The highest BCUT2D eigenvalue weighted by molar-refractivity contribution is 5.83. The molecule has 1 fully saturated rings. The molecule has 0 aliphatic carbocycles. The van der Waals surface area contributed by atoms with Crippen molar-refractivity contribution in [2.75, 3.05) is 13.1 Å². The molecule has 0 radical (unpaired) electrons. The van der Waals surface area contributed by atoms with E-state index in [4.69, 9.17) is 0 Å². The highest BCUT2D eigenvalue weighted by atomic mass is 16.4. The van der Waals surface area contributed by atoms with Crippen LogP contribution in [0.3, 0.4) is 0 Å². The second kappa shape index (κ2) is 8.59. The Morgan fingerprint density at radius 2 is 1.50 bits per heavy atom. The maximum atomic E-state index is 13.0. The second-order valence-corrected chi connectivity index (χ2v) is 8.10. The zero-order chi connectivity index (χ0) is 20.1. The average molecular weight is 380 g/mol. The van der Waals surface area contributed by atoms with E-state index in [0.29, 0.717) is 38.3 Å². The monoisotopic (exact) mass is 379 g/mol. The fraction of sp³-hybridized carbons (Fsp3) is 0.417. The second-order valence-electron chi connectivity index (χ2n) is 8.10. The molecule has 0 spiro atoms. The third-order valence-electron chi connectivity index (χ3n) is 6.13. The molecule has 1 N–H and O–H groups in total. The Balaban J connectivity index is 1.70. The van der Waals surface area contributed by atoms with Gasteiger partial charge in [0.2, 0.25) is 5.91 Å². The molecule has 0 aromatic heterocycles. The topological polar surface area (TPSA) is 57.6 Å². The van der Waals surface area contributed by atoms with Crippen LogP contribution in [0, 0.1) is 5.92 Å². The van der Waals surface area contributed by atoms with E-state index < -0.39 is 11.4 Å². The molecule has 1 unspecified atom stereocenters. The van der Waals surface area contributed by atoms with Gasteiger partial charge in [0.25, 0.3) is 0 Å². The van der Waals surface area contributed by atoms with Crippen molar-refractivity contribution in [3.63, 3.8) is 0 Å². The Morgan fingerprint density at radius 1 is 0.964 bits per heavy atom. The fourth-order valence-corrected chi connectivity index (χ4v) is 4.28. The van der Waals surface area contributed by atoms with Crippen LogP contribution in [0.1, 0.15) is 50.2 Å². The van der Waals surface area contributed by atoms with Crippen LogP contribution in [0.25, 0.3) is 0 Å². The molecule has 28 heavy (non-hydrogen) atoms. The first-order chi connectivity index (χ1) is 13.4. The first-order valence-electron chi connectivity index (χ1n) is 10.1. The third kappa shape index (κ3) is 4.11. The van der Waals surface area contributed by atoms with E-state index in [-0.39, 0.29) is 11.8 Å². The van der Waals surface area contributed by atoms with E-state index >= 15 is 0 Å². The SMILES string of the molecule is CC(C)C(CC(=O)N1CCC(C(=O)O)(c2ccccc2)CC1)c1ccccc1. The lowest BCUT2D eigenvalue weighted by molar-refractivity contribution is -0.148. The fourth-order valence-electron chi connectivity index (χ4n) is 4.28. The molecule has 1 saturated heterocycles. The summed E-state index contributed by atoms with van der Waals surface area (Å²) in [6.07, 6.45) is 1.37. The minimum absolute atomic E-state index is 0.120. The number of benzene rings is 2. The van der Waals surface area contributed by atoms with Crippen molar-refractivity contribution in [1.29, 1.82) is 0 Å². The molecule has 1 heterocycles. The molecule has 148 valence electrons. The summed E-state index contributed by atoms with van der Waals surface area (Å²) in [6, 6.07) is 19.6. The smallest absolute Gasteiger partial charge is 0.314 e. The first-order valence-corrected chi connectivity index (χ1v) is 10.1. The lowest BCUT2D eigenvalue weighted by Crippen LogP contribution is -2.49. The van der Waals surface area contributed by atoms with Gasteiger partial charge in [-0.25, -0.2) is 0 Å². The van der Waals surface area contributed by atoms with E-state index in [9.17, 15) is 14.7 Å². The largest absolute Gasteiger partial charge is 0.481 e. The number of carbonyl (C=O) groups excluding carboxylic acids is 1. The Bertz CT molecular complexity index is 793. The standard InChI is InChI=1S/C24H29NO3/c1-18(2)21(19-9-5-3-6-10-19)17-22(26)25-15-13-24(14-16-25,23(27)28)20-11-7-4-8-12-20/h3-12,18,21H,13-17H2,1-2H3,(H,27,28). The van der Waals surface area contributed by atoms with Crippen LogP contribution in [0.4, 0.5) is 0 Å². The summed E-state index contributed by atoms with van der Waals surface area (Å²) in [4.78, 5) is 26.9. The van der Waals surface area contributed by atoms with Gasteiger partial charge in [-0.15, -0.1) is 0 Å². The van der Waals surface area contributed by atoms with Crippen molar-refractivity contribution < 1.29 is 14.7 Å². The molecule has 1 aliphatic rings. The van der Waals surface area contributed by atoms with Gasteiger partial charge in [0.1, 0.15) is 0 Å². The highest BCUT2D eigenvalue weighted by Gasteiger charge is 2.44. The molecule has 1 atom stereocenters. The summed E-state index contributed by atoms with van der Waals surface area (Å²) in [7, 11) is 0. The molecule has 3 rings (SSSR count). The van der Waals surface area contributed by atoms with E-state index in [1.54, 1.807) is 0 Å². The number of hydrogen-bond acceptors (Lipinski definition) is 2. The Hall–Kier alpha value is -2.62. The minimum Gasteiger partial charge on any atom is -0.481 e. The third-order valence-corrected chi connectivity index (χ3v) is 6.13. The van der Waals surface area contributed by atoms with Crippen LogP contribution >= 0.6 is 0 Å². The van der Waals surface area contributed by atoms with Crippen molar-refractivity contribution in [2.45, 2.75) is 44.4 Å². The number of nitrogens with zero attached hydrogens (tertiary/aromatic N) is 1. The lowest BCUT2D eigenvalue weighted by Gasteiger charge is -2.39. The van der Waals surface area contributed by atoms with Gasteiger partial charge < -0.3 is 10.0 Å². The van der Waals surface area contributed by atoms with Gasteiger partial charge in [-0.2, -0.15) is 0 Å². The molecule has 2 aromatic rings. The van der Waals surface area contributed by atoms with Crippen molar-refractivity contribution in [2.24, 2.45) is 5.92 Å². The summed E-state index contributed by atoms with van der Waals surface area (Å²) < 4.78 is 0. The highest BCUT2D eigenvalue weighted by Crippen LogP contribution is 2.37. The minimum atomic E-state index is -0.894. The molecular weight excluding hydrogens is 350 g/mol. The molecule has 1 amide bonds. The van der Waals surface area contributed by atoms with E-state index in [1.807, 2.05) is 53.4 Å². The Morgan fingerprint density at radius 3 is 2.00 bits per heavy atom. The van der Waals surface area contributed by atoms with Gasteiger partial charge in [-0.3, -0.25) is 9.59 Å². The van der Waals surface area contributed by atoms with Crippen LogP contribution in [0.5, 0.6) is 0 Å². The summed E-state index contributed by atoms with van der Waals surface area (Å²) in [6.45, 7) is 5.26. The van der Waals surface area contributed by atoms with Gasteiger partial charge in [0, 0.05) is 19.5 Å². The van der Waals surface area contributed by atoms with Gasteiger partial charge >= 0.3 is 5.97 Å². The predicted molar refractivity (Wildman–Crippen MR) is 110 cm³/mol. The molecule has 0 saturated carbocycles. The molecule has 4 heteroatoms. The number of rotatable bonds is 6. The Labute approximate surface area is 167 Å².